The summed E-state index contributed by atoms with van der Waals surface area (Å²) in [4.78, 5) is 15.0. The summed E-state index contributed by atoms with van der Waals surface area (Å²) in [6.45, 7) is 5.22. The van der Waals surface area contributed by atoms with Crippen LogP contribution in [-0.4, -0.2) is 36.5 Å². The molecule has 2 aliphatic carbocycles. The Morgan fingerprint density at radius 1 is 1.10 bits per heavy atom. The summed E-state index contributed by atoms with van der Waals surface area (Å²) in [5.41, 5.74) is 0. The quantitative estimate of drug-likeness (QED) is 0.838. The number of rotatable bonds is 5. The van der Waals surface area contributed by atoms with Crippen molar-refractivity contribution in [3.63, 3.8) is 0 Å². The Bertz CT molecular complexity index is 326. The van der Waals surface area contributed by atoms with Crippen molar-refractivity contribution in [3.05, 3.63) is 0 Å². The second-order valence-electron chi connectivity index (χ2n) is 7.07. The number of amides is 1. The summed E-state index contributed by atoms with van der Waals surface area (Å²) in [7, 11) is 0. The van der Waals surface area contributed by atoms with Gasteiger partial charge >= 0.3 is 0 Å². The van der Waals surface area contributed by atoms with E-state index >= 15 is 0 Å². The van der Waals surface area contributed by atoms with Gasteiger partial charge in [-0.05, 0) is 50.5 Å². The van der Waals surface area contributed by atoms with Crippen LogP contribution in [0.5, 0.6) is 0 Å². The van der Waals surface area contributed by atoms with E-state index in [2.05, 4.69) is 17.1 Å². The van der Waals surface area contributed by atoms with Crippen molar-refractivity contribution >= 4 is 5.91 Å². The fraction of sp³-hybridized carbons (Fsp3) is 0.941. The van der Waals surface area contributed by atoms with Crippen LogP contribution >= 0.6 is 0 Å². The zero-order valence-corrected chi connectivity index (χ0v) is 12.9. The van der Waals surface area contributed by atoms with Crippen LogP contribution in [0.4, 0.5) is 0 Å². The first-order valence-electron chi connectivity index (χ1n) is 8.83. The summed E-state index contributed by atoms with van der Waals surface area (Å²) < 4.78 is 0. The van der Waals surface area contributed by atoms with Crippen molar-refractivity contribution in [1.29, 1.82) is 0 Å². The molecule has 0 aromatic rings. The van der Waals surface area contributed by atoms with Gasteiger partial charge in [0.2, 0.25) is 5.91 Å². The topological polar surface area (TPSA) is 32.3 Å². The van der Waals surface area contributed by atoms with Gasteiger partial charge in [0.05, 0.1) is 0 Å². The van der Waals surface area contributed by atoms with Crippen molar-refractivity contribution in [2.75, 3.05) is 19.6 Å². The molecule has 2 saturated carbocycles. The van der Waals surface area contributed by atoms with Crippen molar-refractivity contribution in [2.45, 2.75) is 64.3 Å². The van der Waals surface area contributed by atoms with Gasteiger partial charge in [0.25, 0.3) is 0 Å². The van der Waals surface area contributed by atoms with Crippen LogP contribution in [0.15, 0.2) is 0 Å². The van der Waals surface area contributed by atoms with Crippen molar-refractivity contribution in [3.8, 4) is 0 Å². The lowest BCUT2D eigenvalue weighted by atomic mass is 10.0. The van der Waals surface area contributed by atoms with Gasteiger partial charge in [-0.25, -0.2) is 0 Å². The molecule has 3 heteroatoms. The van der Waals surface area contributed by atoms with E-state index in [0.717, 1.165) is 37.9 Å². The van der Waals surface area contributed by atoms with Crippen LogP contribution in [0.3, 0.4) is 0 Å². The third kappa shape index (κ3) is 3.03. The minimum atomic E-state index is 0.396. The first kappa shape index (κ1) is 14.4. The Balaban J connectivity index is 1.56. The lowest BCUT2D eigenvalue weighted by Gasteiger charge is -2.31. The highest BCUT2D eigenvalue weighted by Gasteiger charge is 2.55. The Labute approximate surface area is 123 Å². The summed E-state index contributed by atoms with van der Waals surface area (Å²) in [6.07, 6.45) is 10.3. The third-order valence-corrected chi connectivity index (χ3v) is 5.60. The number of hydrogen-bond donors (Lipinski definition) is 1. The van der Waals surface area contributed by atoms with E-state index in [1.165, 1.54) is 44.9 Å². The van der Waals surface area contributed by atoms with Gasteiger partial charge in [0.15, 0.2) is 0 Å². The van der Waals surface area contributed by atoms with Crippen LogP contribution in [0.2, 0.25) is 0 Å². The second-order valence-corrected chi connectivity index (χ2v) is 7.07. The van der Waals surface area contributed by atoms with Gasteiger partial charge < -0.3 is 10.2 Å². The largest absolute Gasteiger partial charge is 0.341 e. The molecule has 114 valence electrons. The molecule has 3 aliphatic rings. The Kier molecular flexibility index (Phi) is 4.65. The molecular weight excluding hydrogens is 248 g/mol. The number of nitrogens with one attached hydrogen (secondary N) is 1. The Hall–Kier alpha value is -0.570. The molecule has 3 nitrogen and oxygen atoms in total. The van der Waals surface area contributed by atoms with E-state index in [4.69, 9.17) is 0 Å². The maximum absolute atomic E-state index is 12.8. The zero-order chi connectivity index (χ0) is 13.9. The van der Waals surface area contributed by atoms with E-state index in [0.29, 0.717) is 17.9 Å². The van der Waals surface area contributed by atoms with Gasteiger partial charge in [0, 0.05) is 25.0 Å². The maximum Gasteiger partial charge on any atom is 0.226 e. The molecule has 1 saturated heterocycles. The number of nitrogens with zero attached hydrogens (tertiary/aromatic N) is 1. The van der Waals surface area contributed by atoms with Crippen LogP contribution in [0.25, 0.3) is 0 Å². The zero-order valence-electron chi connectivity index (χ0n) is 12.9. The molecular formula is C17H30N2O. The number of piperidine rings is 1. The molecule has 1 amide bonds. The molecule has 20 heavy (non-hydrogen) atoms. The average Bonchev–Trinajstić information content (AvgIpc) is 3.21. The van der Waals surface area contributed by atoms with Crippen molar-refractivity contribution in [2.24, 2.45) is 17.8 Å². The maximum atomic E-state index is 12.8. The Morgan fingerprint density at radius 2 is 1.80 bits per heavy atom. The molecule has 1 aliphatic heterocycles. The average molecular weight is 278 g/mol. The summed E-state index contributed by atoms with van der Waals surface area (Å²) in [5.74, 6) is 2.37. The minimum absolute atomic E-state index is 0.396. The summed E-state index contributed by atoms with van der Waals surface area (Å²) in [5, 5.41) is 3.59. The third-order valence-electron chi connectivity index (χ3n) is 5.60. The van der Waals surface area contributed by atoms with Gasteiger partial charge in [-0.2, -0.15) is 0 Å². The predicted molar refractivity (Wildman–Crippen MR) is 81.5 cm³/mol. The monoisotopic (exact) mass is 278 g/mol. The van der Waals surface area contributed by atoms with Crippen LogP contribution in [0, 0.1) is 17.8 Å². The fourth-order valence-corrected chi connectivity index (χ4v) is 4.48. The number of carbonyl (C=O) groups is 1. The van der Waals surface area contributed by atoms with Crippen LogP contribution in [0.1, 0.15) is 58.3 Å². The van der Waals surface area contributed by atoms with Crippen molar-refractivity contribution in [1.82, 2.24) is 10.2 Å². The molecule has 0 aromatic heterocycles. The molecule has 3 fully saturated rings. The smallest absolute Gasteiger partial charge is 0.226 e. The van der Waals surface area contributed by atoms with Gasteiger partial charge in [-0.3, -0.25) is 4.79 Å². The number of fused-ring (bicyclic) bond motifs is 1. The molecule has 0 aromatic carbocycles. The SMILES string of the molecule is CCCN(CC1CCCCN1)C(=O)C1C2CCCCC21. The first-order chi connectivity index (χ1) is 9.81. The summed E-state index contributed by atoms with van der Waals surface area (Å²) >= 11 is 0. The molecule has 0 bridgehead atoms. The molecule has 3 rings (SSSR count). The van der Waals surface area contributed by atoms with Gasteiger partial charge in [0.1, 0.15) is 0 Å². The lowest BCUT2D eigenvalue weighted by Crippen LogP contribution is -2.46. The summed E-state index contributed by atoms with van der Waals surface area (Å²) in [6, 6.07) is 0.542. The highest BCUT2D eigenvalue weighted by Crippen LogP contribution is 2.56. The minimum Gasteiger partial charge on any atom is -0.341 e. The second kappa shape index (κ2) is 6.46. The van der Waals surface area contributed by atoms with Crippen molar-refractivity contribution < 1.29 is 4.79 Å². The van der Waals surface area contributed by atoms with E-state index in [1.807, 2.05) is 0 Å². The van der Waals surface area contributed by atoms with Crippen LogP contribution < -0.4 is 5.32 Å². The fourth-order valence-electron chi connectivity index (χ4n) is 4.48. The lowest BCUT2D eigenvalue weighted by molar-refractivity contribution is -0.133. The molecule has 1 heterocycles. The molecule has 3 atom stereocenters. The standard InChI is InChI=1S/C17H30N2O/c1-2-11-19(12-13-7-5-6-10-18-13)17(20)16-14-8-3-4-9-15(14)16/h13-16,18H,2-12H2,1H3. The molecule has 0 radical (unpaired) electrons. The highest BCUT2D eigenvalue weighted by molar-refractivity contribution is 5.82. The van der Waals surface area contributed by atoms with Gasteiger partial charge in [-0.1, -0.05) is 26.2 Å². The number of carbonyl (C=O) groups excluding carboxylic acids is 1. The van der Waals surface area contributed by atoms with E-state index in [-0.39, 0.29) is 0 Å². The van der Waals surface area contributed by atoms with E-state index < -0.39 is 0 Å². The van der Waals surface area contributed by atoms with E-state index in [1.54, 1.807) is 0 Å². The highest BCUT2D eigenvalue weighted by atomic mass is 16.2. The molecule has 0 spiro atoms. The Morgan fingerprint density at radius 3 is 2.40 bits per heavy atom. The van der Waals surface area contributed by atoms with Crippen LogP contribution in [-0.2, 0) is 4.79 Å². The molecule has 3 unspecified atom stereocenters. The van der Waals surface area contributed by atoms with E-state index in [9.17, 15) is 4.79 Å². The van der Waals surface area contributed by atoms with Gasteiger partial charge in [-0.15, -0.1) is 0 Å². The predicted octanol–water partition coefficient (Wildman–Crippen LogP) is 2.80. The molecule has 1 N–H and O–H groups in total. The normalized spacial score (nSPS) is 36.2. The number of hydrogen-bond acceptors (Lipinski definition) is 2. The first-order valence-corrected chi connectivity index (χ1v) is 8.83.